The highest BCUT2D eigenvalue weighted by atomic mass is 16.2. The fourth-order valence-electron chi connectivity index (χ4n) is 2.49. The number of hydrogen-bond acceptors (Lipinski definition) is 2. The van der Waals surface area contributed by atoms with Crippen LogP contribution in [0.5, 0.6) is 0 Å². The van der Waals surface area contributed by atoms with E-state index in [1.54, 1.807) is 19.9 Å². The second-order valence-corrected chi connectivity index (χ2v) is 6.91. The number of amides is 2. The summed E-state index contributed by atoms with van der Waals surface area (Å²) in [5.74, 6) is -0.517. The van der Waals surface area contributed by atoms with Crippen LogP contribution in [0, 0.1) is 0 Å². The maximum Gasteiger partial charge on any atom is 0.249 e. The van der Waals surface area contributed by atoms with Crippen molar-refractivity contribution in [3.8, 4) is 0 Å². The molecule has 0 aliphatic carbocycles. The number of carbonyl (C=O) groups is 2. The molecule has 0 aromatic heterocycles. The Kier molecular flexibility index (Phi) is 6.73. The summed E-state index contributed by atoms with van der Waals surface area (Å²) in [6.45, 7) is 5.31. The molecule has 2 N–H and O–H groups in total. The molecule has 26 heavy (non-hydrogen) atoms. The molecule has 2 amide bonds. The van der Waals surface area contributed by atoms with Crippen molar-refractivity contribution >= 4 is 17.5 Å². The zero-order chi connectivity index (χ0) is 19.0. The second kappa shape index (κ2) is 8.99. The molecule has 0 saturated carbocycles. The lowest BCUT2D eigenvalue weighted by Crippen LogP contribution is -2.52. The first-order valence-corrected chi connectivity index (χ1v) is 8.76. The highest BCUT2D eigenvalue weighted by Gasteiger charge is 2.28. The third-order valence-electron chi connectivity index (χ3n) is 4.06. The van der Waals surface area contributed by atoms with Crippen molar-refractivity contribution in [2.75, 3.05) is 5.32 Å². The van der Waals surface area contributed by atoms with E-state index in [-0.39, 0.29) is 11.8 Å². The average molecular weight is 350 g/mol. The van der Waals surface area contributed by atoms with E-state index in [2.05, 4.69) is 22.8 Å². The van der Waals surface area contributed by atoms with Gasteiger partial charge >= 0.3 is 0 Å². The summed E-state index contributed by atoms with van der Waals surface area (Å²) in [6.07, 6.45) is 3.25. The van der Waals surface area contributed by atoms with Gasteiger partial charge in [0.2, 0.25) is 11.8 Å². The predicted octanol–water partition coefficient (Wildman–Crippen LogP) is 4.10. The SMILES string of the molecule is CC(=CC(=O)NC(C)(C)C(=O)Nc1ccccc1)CCc1ccccc1. The number of rotatable bonds is 7. The molecule has 4 nitrogen and oxygen atoms in total. The minimum atomic E-state index is -1.01. The first kappa shape index (κ1) is 19.4. The van der Waals surface area contributed by atoms with Crippen molar-refractivity contribution in [1.82, 2.24) is 5.32 Å². The van der Waals surface area contributed by atoms with Gasteiger partial charge in [0, 0.05) is 11.8 Å². The summed E-state index contributed by atoms with van der Waals surface area (Å²) in [4.78, 5) is 24.7. The molecule has 0 radical (unpaired) electrons. The van der Waals surface area contributed by atoms with Gasteiger partial charge in [0.25, 0.3) is 0 Å². The van der Waals surface area contributed by atoms with Crippen LogP contribution in [0.3, 0.4) is 0 Å². The van der Waals surface area contributed by atoms with E-state index in [1.807, 2.05) is 55.5 Å². The smallest absolute Gasteiger partial charge is 0.249 e. The van der Waals surface area contributed by atoms with Gasteiger partial charge in [-0.25, -0.2) is 0 Å². The van der Waals surface area contributed by atoms with Crippen LogP contribution in [0.25, 0.3) is 0 Å². The van der Waals surface area contributed by atoms with Gasteiger partial charge in [0.05, 0.1) is 0 Å². The Morgan fingerprint density at radius 2 is 1.54 bits per heavy atom. The Labute approximate surface area is 155 Å². The monoisotopic (exact) mass is 350 g/mol. The molecule has 2 rings (SSSR count). The quantitative estimate of drug-likeness (QED) is 0.739. The van der Waals surface area contributed by atoms with E-state index >= 15 is 0 Å². The molecule has 0 bridgehead atoms. The highest BCUT2D eigenvalue weighted by molar-refractivity contribution is 6.01. The number of para-hydroxylation sites is 1. The van der Waals surface area contributed by atoms with Crippen LogP contribution in [-0.4, -0.2) is 17.4 Å². The Hall–Kier alpha value is -2.88. The molecular weight excluding hydrogens is 324 g/mol. The summed E-state index contributed by atoms with van der Waals surface area (Å²) < 4.78 is 0. The fraction of sp³-hybridized carbons (Fsp3) is 0.273. The number of carbonyl (C=O) groups excluding carboxylic acids is 2. The van der Waals surface area contributed by atoms with Crippen LogP contribution in [0.4, 0.5) is 5.69 Å². The molecule has 136 valence electrons. The van der Waals surface area contributed by atoms with Crippen molar-refractivity contribution in [2.24, 2.45) is 0 Å². The Morgan fingerprint density at radius 1 is 0.962 bits per heavy atom. The molecule has 0 aliphatic rings. The number of benzene rings is 2. The van der Waals surface area contributed by atoms with E-state index in [0.29, 0.717) is 5.69 Å². The topological polar surface area (TPSA) is 58.2 Å². The molecule has 2 aromatic carbocycles. The largest absolute Gasteiger partial charge is 0.339 e. The molecule has 0 unspecified atom stereocenters. The molecule has 0 saturated heterocycles. The third-order valence-corrected chi connectivity index (χ3v) is 4.06. The minimum Gasteiger partial charge on any atom is -0.339 e. The Balaban J connectivity index is 1.88. The second-order valence-electron chi connectivity index (χ2n) is 6.91. The minimum absolute atomic E-state index is 0.257. The van der Waals surface area contributed by atoms with Gasteiger partial charge in [0.15, 0.2) is 0 Å². The van der Waals surface area contributed by atoms with Crippen molar-refractivity contribution in [2.45, 2.75) is 39.2 Å². The van der Waals surface area contributed by atoms with Crippen molar-refractivity contribution < 1.29 is 9.59 Å². The predicted molar refractivity (Wildman–Crippen MR) is 106 cm³/mol. The number of allylic oxidation sites excluding steroid dienone is 1. The van der Waals surface area contributed by atoms with E-state index in [4.69, 9.17) is 0 Å². The van der Waals surface area contributed by atoms with Gasteiger partial charge in [-0.1, -0.05) is 54.1 Å². The maximum atomic E-state index is 12.4. The summed E-state index contributed by atoms with van der Waals surface area (Å²) in [7, 11) is 0. The van der Waals surface area contributed by atoms with Crippen LogP contribution in [0.1, 0.15) is 32.8 Å². The average Bonchev–Trinajstić information content (AvgIpc) is 2.61. The maximum absolute atomic E-state index is 12.4. The summed E-state index contributed by atoms with van der Waals surface area (Å²) >= 11 is 0. The van der Waals surface area contributed by atoms with E-state index < -0.39 is 5.54 Å². The summed E-state index contributed by atoms with van der Waals surface area (Å²) in [5.41, 5.74) is 1.91. The molecule has 0 fully saturated rings. The lowest BCUT2D eigenvalue weighted by molar-refractivity contribution is -0.126. The summed E-state index contributed by atoms with van der Waals surface area (Å²) in [6, 6.07) is 19.3. The van der Waals surface area contributed by atoms with Crippen LogP contribution in [0.2, 0.25) is 0 Å². The lowest BCUT2D eigenvalue weighted by atomic mass is 10.0. The van der Waals surface area contributed by atoms with Crippen molar-refractivity contribution in [1.29, 1.82) is 0 Å². The van der Waals surface area contributed by atoms with Gasteiger partial charge < -0.3 is 10.6 Å². The standard InChI is InChI=1S/C22H26N2O2/c1-17(14-15-18-10-6-4-7-11-18)16-20(25)24-22(2,3)21(26)23-19-12-8-5-9-13-19/h4-13,16H,14-15H2,1-3H3,(H,23,26)(H,24,25). The number of nitrogens with one attached hydrogen (secondary N) is 2. The van der Waals surface area contributed by atoms with Crippen LogP contribution < -0.4 is 10.6 Å². The number of hydrogen-bond donors (Lipinski definition) is 2. The highest BCUT2D eigenvalue weighted by Crippen LogP contribution is 2.12. The zero-order valence-electron chi connectivity index (χ0n) is 15.6. The Morgan fingerprint density at radius 3 is 2.15 bits per heavy atom. The first-order chi connectivity index (χ1) is 12.4. The lowest BCUT2D eigenvalue weighted by Gasteiger charge is -2.24. The normalized spacial score (nSPS) is 11.7. The fourth-order valence-corrected chi connectivity index (χ4v) is 2.49. The molecule has 0 atom stereocenters. The van der Waals surface area contributed by atoms with E-state index in [9.17, 15) is 9.59 Å². The molecule has 4 heteroatoms. The third kappa shape index (κ3) is 6.20. The van der Waals surface area contributed by atoms with Gasteiger partial charge in [-0.3, -0.25) is 9.59 Å². The van der Waals surface area contributed by atoms with E-state index in [0.717, 1.165) is 18.4 Å². The van der Waals surface area contributed by atoms with Gasteiger partial charge in [-0.05, 0) is 51.3 Å². The molecule has 2 aromatic rings. The molecular formula is C22H26N2O2. The van der Waals surface area contributed by atoms with Gasteiger partial charge in [0.1, 0.15) is 5.54 Å². The van der Waals surface area contributed by atoms with Crippen molar-refractivity contribution in [3.05, 3.63) is 77.9 Å². The molecule has 0 heterocycles. The van der Waals surface area contributed by atoms with E-state index in [1.165, 1.54) is 5.56 Å². The number of anilines is 1. The van der Waals surface area contributed by atoms with Gasteiger partial charge in [-0.2, -0.15) is 0 Å². The molecule has 0 aliphatic heterocycles. The summed E-state index contributed by atoms with van der Waals surface area (Å²) in [5, 5.41) is 5.59. The number of aryl methyl sites for hydroxylation is 1. The van der Waals surface area contributed by atoms with Crippen molar-refractivity contribution in [3.63, 3.8) is 0 Å². The Bertz CT molecular complexity index is 765. The van der Waals surface area contributed by atoms with Crippen LogP contribution in [-0.2, 0) is 16.0 Å². The van der Waals surface area contributed by atoms with Crippen LogP contribution in [0.15, 0.2) is 72.3 Å². The molecule has 0 spiro atoms. The first-order valence-electron chi connectivity index (χ1n) is 8.76. The van der Waals surface area contributed by atoms with Gasteiger partial charge in [-0.15, -0.1) is 0 Å². The zero-order valence-corrected chi connectivity index (χ0v) is 15.6. The van der Waals surface area contributed by atoms with Crippen LogP contribution >= 0.6 is 0 Å².